The number of halogens is 2. The van der Waals surface area contributed by atoms with Gasteiger partial charge in [-0.1, -0.05) is 37.3 Å². The molecule has 0 aliphatic rings. The van der Waals surface area contributed by atoms with Gasteiger partial charge in [0.15, 0.2) is 0 Å². The van der Waals surface area contributed by atoms with Crippen molar-refractivity contribution in [1.29, 1.82) is 0 Å². The molecule has 0 aliphatic carbocycles. The van der Waals surface area contributed by atoms with Crippen LogP contribution in [0.15, 0.2) is 42.5 Å². The minimum atomic E-state index is -2.14. The zero-order valence-corrected chi connectivity index (χ0v) is 11.1. The number of hydrogen-bond acceptors (Lipinski definition) is 2. The molecule has 0 saturated carbocycles. The highest BCUT2D eigenvalue weighted by molar-refractivity contribution is 6.58. The average molecular weight is 276 g/mol. The summed E-state index contributed by atoms with van der Waals surface area (Å²) in [6.45, 7) is 1.97. The predicted octanol–water partition coefficient (Wildman–Crippen LogP) is 1.99. The van der Waals surface area contributed by atoms with E-state index in [0.717, 1.165) is 17.7 Å². The standard InChI is InChI=1S/C15H15BF2O2/c1-10(12-5-3-2-4-6-12)7-11-8-13(17)15(16(19)20)14(18)9-11/h2-6,8-10,19-20H,7H2,1H3/t10-/m1/s1. The van der Waals surface area contributed by atoms with Gasteiger partial charge < -0.3 is 10.0 Å². The summed E-state index contributed by atoms with van der Waals surface area (Å²) in [7, 11) is -2.14. The summed E-state index contributed by atoms with van der Waals surface area (Å²) >= 11 is 0. The molecule has 1 atom stereocenters. The molecule has 0 saturated heterocycles. The van der Waals surface area contributed by atoms with Gasteiger partial charge >= 0.3 is 7.12 Å². The highest BCUT2D eigenvalue weighted by atomic mass is 19.1. The largest absolute Gasteiger partial charge is 0.494 e. The van der Waals surface area contributed by atoms with E-state index in [1.54, 1.807) is 0 Å². The van der Waals surface area contributed by atoms with Gasteiger partial charge in [-0.05, 0) is 35.6 Å². The van der Waals surface area contributed by atoms with Gasteiger partial charge in [0.25, 0.3) is 0 Å². The third kappa shape index (κ3) is 3.24. The predicted molar refractivity (Wildman–Crippen MR) is 74.7 cm³/mol. The van der Waals surface area contributed by atoms with Crippen LogP contribution in [0, 0.1) is 11.6 Å². The van der Waals surface area contributed by atoms with Crippen LogP contribution in [0.3, 0.4) is 0 Å². The minimum Gasteiger partial charge on any atom is -0.423 e. The van der Waals surface area contributed by atoms with Crippen LogP contribution in [0.25, 0.3) is 0 Å². The first-order chi connectivity index (χ1) is 9.49. The number of hydrogen-bond donors (Lipinski definition) is 2. The van der Waals surface area contributed by atoms with E-state index in [1.807, 2.05) is 37.3 Å². The van der Waals surface area contributed by atoms with Crippen molar-refractivity contribution in [3.05, 3.63) is 65.2 Å². The van der Waals surface area contributed by atoms with Crippen LogP contribution in [-0.2, 0) is 6.42 Å². The van der Waals surface area contributed by atoms with Crippen LogP contribution in [-0.4, -0.2) is 17.2 Å². The van der Waals surface area contributed by atoms with Crippen LogP contribution in [0.1, 0.15) is 24.0 Å². The SMILES string of the molecule is C[C@H](Cc1cc(F)c(B(O)O)c(F)c1)c1ccccc1. The Hall–Kier alpha value is -1.72. The Labute approximate surface area is 116 Å². The van der Waals surface area contributed by atoms with E-state index in [2.05, 4.69) is 0 Å². The van der Waals surface area contributed by atoms with Gasteiger partial charge in [-0.25, -0.2) is 8.78 Å². The Morgan fingerprint density at radius 1 is 1.05 bits per heavy atom. The molecule has 0 aliphatic heterocycles. The zero-order chi connectivity index (χ0) is 14.7. The number of rotatable bonds is 4. The van der Waals surface area contributed by atoms with Crippen molar-refractivity contribution >= 4 is 12.6 Å². The van der Waals surface area contributed by atoms with E-state index >= 15 is 0 Å². The van der Waals surface area contributed by atoms with Crippen molar-refractivity contribution in [3.8, 4) is 0 Å². The summed E-state index contributed by atoms with van der Waals surface area (Å²) < 4.78 is 27.3. The molecular formula is C15H15BF2O2. The zero-order valence-electron chi connectivity index (χ0n) is 11.1. The van der Waals surface area contributed by atoms with Gasteiger partial charge in [0.1, 0.15) is 11.6 Å². The molecule has 0 spiro atoms. The van der Waals surface area contributed by atoms with Gasteiger partial charge in [-0.3, -0.25) is 0 Å². The topological polar surface area (TPSA) is 40.5 Å². The molecule has 0 bridgehead atoms. The van der Waals surface area contributed by atoms with E-state index in [0.29, 0.717) is 12.0 Å². The first-order valence-electron chi connectivity index (χ1n) is 6.38. The van der Waals surface area contributed by atoms with Crippen molar-refractivity contribution in [3.63, 3.8) is 0 Å². The van der Waals surface area contributed by atoms with Gasteiger partial charge in [0, 0.05) is 0 Å². The molecule has 2 aromatic carbocycles. The second-order valence-electron chi connectivity index (χ2n) is 4.86. The fourth-order valence-electron chi connectivity index (χ4n) is 2.25. The lowest BCUT2D eigenvalue weighted by atomic mass is 9.78. The first-order valence-corrected chi connectivity index (χ1v) is 6.38. The molecule has 20 heavy (non-hydrogen) atoms. The van der Waals surface area contributed by atoms with Crippen LogP contribution >= 0.6 is 0 Å². The minimum absolute atomic E-state index is 0.111. The van der Waals surface area contributed by atoms with Crippen LogP contribution in [0.2, 0.25) is 0 Å². The average Bonchev–Trinajstić information content (AvgIpc) is 2.38. The van der Waals surface area contributed by atoms with Crippen molar-refractivity contribution < 1.29 is 18.8 Å². The Morgan fingerprint density at radius 3 is 2.10 bits per heavy atom. The van der Waals surface area contributed by atoms with Crippen molar-refractivity contribution in [2.24, 2.45) is 0 Å². The Balaban J connectivity index is 2.23. The van der Waals surface area contributed by atoms with E-state index < -0.39 is 24.2 Å². The molecule has 2 nitrogen and oxygen atoms in total. The Kier molecular flexibility index (Phi) is 4.52. The smallest absolute Gasteiger partial charge is 0.423 e. The molecule has 2 rings (SSSR count). The van der Waals surface area contributed by atoms with E-state index in [9.17, 15) is 8.78 Å². The third-order valence-corrected chi connectivity index (χ3v) is 3.31. The maximum absolute atomic E-state index is 13.7. The molecule has 0 aromatic heterocycles. The Morgan fingerprint density at radius 2 is 1.60 bits per heavy atom. The molecule has 0 fully saturated rings. The molecule has 0 heterocycles. The summed E-state index contributed by atoms with van der Waals surface area (Å²) in [5.74, 6) is -1.76. The highest BCUT2D eigenvalue weighted by Crippen LogP contribution is 2.20. The van der Waals surface area contributed by atoms with Gasteiger partial charge in [0.05, 0.1) is 5.46 Å². The van der Waals surface area contributed by atoms with E-state index in [-0.39, 0.29) is 5.92 Å². The second kappa shape index (κ2) is 6.16. The van der Waals surface area contributed by atoms with Gasteiger partial charge in [-0.15, -0.1) is 0 Å². The summed E-state index contributed by atoms with van der Waals surface area (Å²) in [5.41, 5.74) is 0.862. The first kappa shape index (κ1) is 14.7. The summed E-state index contributed by atoms with van der Waals surface area (Å²) in [6.07, 6.45) is 0.472. The van der Waals surface area contributed by atoms with Crippen molar-refractivity contribution in [2.45, 2.75) is 19.3 Å². The third-order valence-electron chi connectivity index (χ3n) is 3.31. The lowest BCUT2D eigenvalue weighted by molar-refractivity contribution is 0.419. The monoisotopic (exact) mass is 276 g/mol. The van der Waals surface area contributed by atoms with Crippen LogP contribution < -0.4 is 5.46 Å². The summed E-state index contributed by atoms with van der Waals surface area (Å²) in [6, 6.07) is 12.0. The van der Waals surface area contributed by atoms with Gasteiger partial charge in [-0.2, -0.15) is 0 Å². The molecule has 0 unspecified atom stereocenters. The molecular weight excluding hydrogens is 261 g/mol. The maximum Gasteiger partial charge on any atom is 0.494 e. The molecule has 2 N–H and O–H groups in total. The second-order valence-corrected chi connectivity index (χ2v) is 4.86. The molecule has 104 valence electrons. The molecule has 0 amide bonds. The normalized spacial score (nSPS) is 12.2. The van der Waals surface area contributed by atoms with Crippen molar-refractivity contribution in [2.75, 3.05) is 0 Å². The van der Waals surface area contributed by atoms with Crippen LogP contribution in [0.4, 0.5) is 8.78 Å². The van der Waals surface area contributed by atoms with Gasteiger partial charge in [0.2, 0.25) is 0 Å². The van der Waals surface area contributed by atoms with Crippen molar-refractivity contribution in [1.82, 2.24) is 0 Å². The Bertz CT molecular complexity index is 565. The fraction of sp³-hybridized carbons (Fsp3) is 0.200. The lowest BCUT2D eigenvalue weighted by Crippen LogP contribution is -2.35. The van der Waals surface area contributed by atoms with Crippen LogP contribution in [0.5, 0.6) is 0 Å². The van der Waals surface area contributed by atoms with E-state index in [4.69, 9.17) is 10.0 Å². The summed E-state index contributed by atoms with van der Waals surface area (Å²) in [5, 5.41) is 17.8. The molecule has 2 aromatic rings. The number of benzene rings is 2. The quantitative estimate of drug-likeness (QED) is 0.838. The summed E-state index contributed by atoms with van der Waals surface area (Å²) in [4.78, 5) is 0. The lowest BCUT2D eigenvalue weighted by Gasteiger charge is -2.13. The molecule has 5 heteroatoms. The molecule has 0 radical (unpaired) electrons. The fourth-order valence-corrected chi connectivity index (χ4v) is 2.25. The highest BCUT2D eigenvalue weighted by Gasteiger charge is 2.22. The van der Waals surface area contributed by atoms with E-state index in [1.165, 1.54) is 0 Å². The maximum atomic E-state index is 13.7.